The van der Waals surface area contributed by atoms with Gasteiger partial charge in [0.2, 0.25) is 5.95 Å². The number of anilines is 2. The van der Waals surface area contributed by atoms with Crippen LogP contribution in [0.1, 0.15) is 11.3 Å². The molecule has 0 radical (unpaired) electrons. The van der Waals surface area contributed by atoms with E-state index >= 15 is 0 Å². The van der Waals surface area contributed by atoms with Crippen molar-refractivity contribution in [2.45, 2.75) is 19.0 Å². The summed E-state index contributed by atoms with van der Waals surface area (Å²) in [5, 5.41) is 0.824. The summed E-state index contributed by atoms with van der Waals surface area (Å²) in [7, 11) is 0. The molecule has 0 bridgehead atoms. The molecule has 1 fully saturated rings. The first-order chi connectivity index (χ1) is 10.7. The molecule has 0 saturated carbocycles. The van der Waals surface area contributed by atoms with Crippen LogP contribution in [0.3, 0.4) is 0 Å². The van der Waals surface area contributed by atoms with E-state index in [2.05, 4.69) is 36.7 Å². The maximum absolute atomic E-state index is 4.65. The normalized spacial score (nSPS) is 15.2. The Kier molecular flexibility index (Phi) is 4.42. The van der Waals surface area contributed by atoms with Crippen LogP contribution in [-0.4, -0.2) is 52.4 Å². The van der Waals surface area contributed by atoms with Crippen molar-refractivity contribution in [3.8, 4) is 0 Å². The van der Waals surface area contributed by atoms with E-state index in [9.17, 15) is 0 Å². The molecule has 22 heavy (non-hydrogen) atoms. The number of hydrogen-bond donors (Lipinski definition) is 0. The fourth-order valence-electron chi connectivity index (χ4n) is 2.54. The zero-order valence-corrected chi connectivity index (χ0v) is 14.0. The van der Waals surface area contributed by atoms with Crippen molar-refractivity contribution < 1.29 is 0 Å². The fourth-order valence-corrected chi connectivity index (χ4v) is 2.88. The summed E-state index contributed by atoms with van der Waals surface area (Å²) in [5.74, 6) is 1.87. The SMILES string of the molecule is CSc1ncc(C)c(N2CCN(c3nccc(C)n3)CC2)n1. The zero-order chi connectivity index (χ0) is 15.5. The van der Waals surface area contributed by atoms with Crippen molar-refractivity contribution in [2.75, 3.05) is 42.2 Å². The number of hydrogen-bond acceptors (Lipinski definition) is 7. The lowest BCUT2D eigenvalue weighted by molar-refractivity contribution is 0.628. The standard InChI is InChI=1S/C15H20N6S/c1-11-10-17-15(22-3)19-13(11)20-6-8-21(9-7-20)14-16-5-4-12(2)18-14/h4-5,10H,6-9H2,1-3H3. The van der Waals surface area contributed by atoms with Gasteiger partial charge in [0.15, 0.2) is 5.16 Å². The third-order valence-corrected chi connectivity index (χ3v) is 4.31. The average Bonchev–Trinajstić information content (AvgIpc) is 2.55. The molecular formula is C15H20N6S. The van der Waals surface area contributed by atoms with Crippen LogP contribution in [0.25, 0.3) is 0 Å². The topological polar surface area (TPSA) is 58.0 Å². The molecule has 0 amide bonds. The first-order valence-electron chi connectivity index (χ1n) is 7.34. The third-order valence-electron chi connectivity index (χ3n) is 3.75. The maximum atomic E-state index is 4.65. The summed E-state index contributed by atoms with van der Waals surface area (Å²) in [6.45, 7) is 7.71. The van der Waals surface area contributed by atoms with Crippen LogP contribution in [0.2, 0.25) is 0 Å². The van der Waals surface area contributed by atoms with Gasteiger partial charge in [0.1, 0.15) is 5.82 Å². The minimum atomic E-state index is 0.823. The quantitative estimate of drug-likeness (QED) is 0.633. The molecule has 1 aliphatic heterocycles. The Labute approximate surface area is 135 Å². The summed E-state index contributed by atoms with van der Waals surface area (Å²) >= 11 is 1.58. The van der Waals surface area contributed by atoms with Gasteiger partial charge >= 0.3 is 0 Å². The van der Waals surface area contributed by atoms with Crippen molar-refractivity contribution in [1.82, 2.24) is 19.9 Å². The van der Waals surface area contributed by atoms with Gasteiger partial charge in [0, 0.05) is 49.8 Å². The zero-order valence-electron chi connectivity index (χ0n) is 13.2. The molecule has 3 rings (SSSR count). The van der Waals surface area contributed by atoms with Gasteiger partial charge in [-0.05, 0) is 26.2 Å². The van der Waals surface area contributed by atoms with Crippen molar-refractivity contribution in [3.63, 3.8) is 0 Å². The molecule has 3 heterocycles. The Balaban J connectivity index is 1.72. The van der Waals surface area contributed by atoms with Gasteiger partial charge in [-0.15, -0.1) is 0 Å². The molecule has 2 aromatic heterocycles. The van der Waals surface area contributed by atoms with Gasteiger partial charge < -0.3 is 9.80 Å². The average molecular weight is 316 g/mol. The molecule has 2 aromatic rings. The molecule has 1 saturated heterocycles. The molecule has 0 atom stereocenters. The van der Waals surface area contributed by atoms with Gasteiger partial charge in [-0.3, -0.25) is 0 Å². The van der Waals surface area contributed by atoms with Gasteiger partial charge in [-0.2, -0.15) is 0 Å². The highest BCUT2D eigenvalue weighted by Gasteiger charge is 2.21. The molecule has 0 spiro atoms. The number of aryl methyl sites for hydroxylation is 2. The van der Waals surface area contributed by atoms with Crippen LogP contribution >= 0.6 is 11.8 Å². The Bertz CT molecular complexity index is 654. The van der Waals surface area contributed by atoms with E-state index < -0.39 is 0 Å². The van der Waals surface area contributed by atoms with Gasteiger partial charge in [-0.25, -0.2) is 19.9 Å². The van der Waals surface area contributed by atoms with E-state index in [0.29, 0.717) is 0 Å². The summed E-state index contributed by atoms with van der Waals surface area (Å²) in [5.41, 5.74) is 2.13. The van der Waals surface area contributed by atoms with Gasteiger partial charge in [-0.1, -0.05) is 11.8 Å². The molecule has 0 aliphatic carbocycles. The summed E-state index contributed by atoms with van der Waals surface area (Å²) in [6, 6.07) is 1.92. The van der Waals surface area contributed by atoms with E-state index in [4.69, 9.17) is 0 Å². The molecule has 0 aromatic carbocycles. The highest BCUT2D eigenvalue weighted by Crippen LogP contribution is 2.22. The number of thioether (sulfide) groups is 1. The van der Waals surface area contributed by atoms with E-state index in [0.717, 1.165) is 54.4 Å². The minimum absolute atomic E-state index is 0.823. The second kappa shape index (κ2) is 6.48. The van der Waals surface area contributed by atoms with Gasteiger partial charge in [0.25, 0.3) is 0 Å². The fraction of sp³-hybridized carbons (Fsp3) is 0.467. The van der Waals surface area contributed by atoms with Crippen molar-refractivity contribution in [3.05, 3.63) is 29.7 Å². The molecule has 6 nitrogen and oxygen atoms in total. The smallest absolute Gasteiger partial charge is 0.225 e. The molecule has 116 valence electrons. The number of nitrogens with zero attached hydrogens (tertiary/aromatic N) is 6. The minimum Gasteiger partial charge on any atom is -0.353 e. The van der Waals surface area contributed by atoms with Gasteiger partial charge in [0.05, 0.1) is 0 Å². The first-order valence-corrected chi connectivity index (χ1v) is 8.57. The first kappa shape index (κ1) is 15.0. The van der Waals surface area contributed by atoms with E-state index in [1.165, 1.54) is 0 Å². The number of rotatable bonds is 3. The summed E-state index contributed by atoms with van der Waals surface area (Å²) in [6.07, 6.45) is 5.73. The maximum Gasteiger partial charge on any atom is 0.225 e. The van der Waals surface area contributed by atoms with Crippen molar-refractivity contribution in [1.29, 1.82) is 0 Å². The van der Waals surface area contributed by atoms with Crippen LogP contribution in [-0.2, 0) is 0 Å². The summed E-state index contributed by atoms with van der Waals surface area (Å²) < 4.78 is 0. The third kappa shape index (κ3) is 3.14. The Morgan fingerprint density at radius 1 is 1.00 bits per heavy atom. The summed E-state index contributed by atoms with van der Waals surface area (Å²) in [4.78, 5) is 22.4. The molecule has 0 N–H and O–H groups in total. The van der Waals surface area contributed by atoms with E-state index in [1.54, 1.807) is 11.8 Å². The lowest BCUT2D eigenvalue weighted by Crippen LogP contribution is -2.47. The van der Waals surface area contributed by atoms with Crippen molar-refractivity contribution in [2.24, 2.45) is 0 Å². The van der Waals surface area contributed by atoms with Crippen LogP contribution in [0, 0.1) is 13.8 Å². The lowest BCUT2D eigenvalue weighted by atomic mass is 10.2. The molecule has 7 heteroatoms. The van der Waals surface area contributed by atoms with Crippen LogP contribution in [0.15, 0.2) is 23.6 Å². The molecular weight excluding hydrogens is 296 g/mol. The molecule has 1 aliphatic rings. The Hall–Kier alpha value is -1.89. The Morgan fingerprint density at radius 2 is 1.73 bits per heavy atom. The van der Waals surface area contributed by atoms with Crippen LogP contribution in [0.4, 0.5) is 11.8 Å². The van der Waals surface area contributed by atoms with Crippen LogP contribution < -0.4 is 9.80 Å². The van der Waals surface area contributed by atoms with E-state index in [-0.39, 0.29) is 0 Å². The largest absolute Gasteiger partial charge is 0.353 e. The second-order valence-corrected chi connectivity index (χ2v) is 6.11. The monoisotopic (exact) mass is 316 g/mol. The predicted octanol–water partition coefficient (Wildman–Crippen LogP) is 1.93. The number of aromatic nitrogens is 4. The van der Waals surface area contributed by atoms with Crippen molar-refractivity contribution >= 4 is 23.5 Å². The predicted molar refractivity (Wildman–Crippen MR) is 89.7 cm³/mol. The highest BCUT2D eigenvalue weighted by molar-refractivity contribution is 7.98. The highest BCUT2D eigenvalue weighted by atomic mass is 32.2. The second-order valence-electron chi connectivity index (χ2n) is 5.34. The number of piperazine rings is 1. The lowest BCUT2D eigenvalue weighted by Gasteiger charge is -2.36. The Morgan fingerprint density at radius 3 is 2.41 bits per heavy atom. The van der Waals surface area contributed by atoms with Crippen LogP contribution in [0.5, 0.6) is 0 Å². The molecule has 0 unspecified atom stereocenters. The van der Waals surface area contributed by atoms with E-state index in [1.807, 2.05) is 31.6 Å².